The first-order valence-electron chi connectivity index (χ1n) is 2.75. The molecule has 1 radical (unpaired) electrons. The summed E-state index contributed by atoms with van der Waals surface area (Å²) in [5.41, 5.74) is 0. The van der Waals surface area contributed by atoms with Crippen LogP contribution in [0.3, 0.4) is 0 Å². The number of carbonyl (C=O) groups is 1. The van der Waals surface area contributed by atoms with Gasteiger partial charge in [0.1, 0.15) is 6.04 Å². The summed E-state index contributed by atoms with van der Waals surface area (Å²) in [6.45, 7) is 0.818. The van der Waals surface area contributed by atoms with E-state index in [9.17, 15) is 9.90 Å². The standard InChI is InChI=1S/C5H8NO2/c7-5(8)4-2-1-3-6-4/h4,6H,1-3H2. The number of hydrogen-bond acceptors (Lipinski definition) is 2. The highest BCUT2D eigenvalue weighted by molar-refractivity contribution is 5.73. The van der Waals surface area contributed by atoms with Crippen LogP contribution in [0.2, 0.25) is 0 Å². The molecule has 1 atom stereocenters. The fourth-order valence-corrected chi connectivity index (χ4v) is 0.886. The van der Waals surface area contributed by atoms with Gasteiger partial charge < -0.3 is 5.32 Å². The lowest BCUT2D eigenvalue weighted by molar-refractivity contribution is -0.145. The van der Waals surface area contributed by atoms with Crippen LogP contribution in [0.15, 0.2) is 0 Å². The zero-order valence-electron chi connectivity index (χ0n) is 4.52. The molecular weight excluding hydrogens is 106 g/mol. The summed E-state index contributed by atoms with van der Waals surface area (Å²) in [5.74, 6) is -0.970. The van der Waals surface area contributed by atoms with Crippen LogP contribution in [0.25, 0.3) is 0 Å². The monoisotopic (exact) mass is 114 g/mol. The fourth-order valence-electron chi connectivity index (χ4n) is 0.886. The molecule has 1 heterocycles. The highest BCUT2D eigenvalue weighted by Gasteiger charge is 2.21. The molecule has 45 valence electrons. The molecule has 0 bridgehead atoms. The summed E-state index contributed by atoms with van der Waals surface area (Å²) in [7, 11) is 0. The number of rotatable bonds is 1. The molecule has 0 aromatic heterocycles. The molecule has 1 N–H and O–H groups in total. The Labute approximate surface area is 47.7 Å². The summed E-state index contributed by atoms with van der Waals surface area (Å²) in [4.78, 5) is 10.0. The zero-order chi connectivity index (χ0) is 5.98. The van der Waals surface area contributed by atoms with Crippen molar-refractivity contribution in [1.29, 1.82) is 0 Å². The lowest BCUT2D eigenvalue weighted by Gasteiger charge is -1.96. The first-order chi connectivity index (χ1) is 3.80. The molecule has 8 heavy (non-hydrogen) atoms. The molecule has 1 rings (SSSR count). The Hall–Kier alpha value is -0.570. The van der Waals surface area contributed by atoms with E-state index in [1.54, 1.807) is 0 Å². The normalized spacial score (nSPS) is 28.2. The van der Waals surface area contributed by atoms with Crippen LogP contribution in [0.5, 0.6) is 0 Å². The highest BCUT2D eigenvalue weighted by atomic mass is 16.4. The molecule has 1 fully saturated rings. The lowest BCUT2D eigenvalue weighted by atomic mass is 10.2. The molecule has 1 saturated heterocycles. The smallest absolute Gasteiger partial charge is 0.304 e. The van der Waals surface area contributed by atoms with Crippen LogP contribution in [-0.2, 0) is 9.90 Å². The molecule has 3 heteroatoms. The molecule has 0 amide bonds. The summed E-state index contributed by atoms with van der Waals surface area (Å²) >= 11 is 0. The molecule has 3 nitrogen and oxygen atoms in total. The van der Waals surface area contributed by atoms with Gasteiger partial charge in [0, 0.05) is 0 Å². The van der Waals surface area contributed by atoms with Gasteiger partial charge in [0.05, 0.1) is 0 Å². The molecule has 0 spiro atoms. The average molecular weight is 114 g/mol. The minimum absolute atomic E-state index is 0.380. The van der Waals surface area contributed by atoms with E-state index < -0.39 is 5.97 Å². The van der Waals surface area contributed by atoms with Gasteiger partial charge in [-0.25, -0.2) is 9.90 Å². The van der Waals surface area contributed by atoms with Crippen LogP contribution in [-0.4, -0.2) is 18.6 Å². The van der Waals surface area contributed by atoms with Gasteiger partial charge in [0.25, 0.3) is 0 Å². The quantitative estimate of drug-likeness (QED) is 0.508. The molecule has 1 unspecified atom stereocenters. The topological polar surface area (TPSA) is 49.0 Å². The molecule has 0 aromatic rings. The third-order valence-corrected chi connectivity index (χ3v) is 1.34. The van der Waals surface area contributed by atoms with Crippen molar-refractivity contribution < 1.29 is 9.90 Å². The second-order valence-corrected chi connectivity index (χ2v) is 1.97. The summed E-state index contributed by atoms with van der Waals surface area (Å²) in [6, 6.07) is -0.380. The van der Waals surface area contributed by atoms with Crippen molar-refractivity contribution >= 4 is 5.97 Å². The van der Waals surface area contributed by atoms with Crippen LogP contribution < -0.4 is 5.32 Å². The Morgan fingerprint density at radius 1 is 1.62 bits per heavy atom. The van der Waals surface area contributed by atoms with Crippen LogP contribution in [0.4, 0.5) is 0 Å². The van der Waals surface area contributed by atoms with Gasteiger partial charge in [-0.3, -0.25) is 0 Å². The molecule has 1 aliphatic heterocycles. The van der Waals surface area contributed by atoms with Crippen LogP contribution in [0.1, 0.15) is 12.8 Å². The van der Waals surface area contributed by atoms with Crippen molar-refractivity contribution in [3.8, 4) is 0 Å². The van der Waals surface area contributed by atoms with E-state index >= 15 is 0 Å². The molecule has 0 saturated carbocycles. The van der Waals surface area contributed by atoms with Crippen molar-refractivity contribution in [3.63, 3.8) is 0 Å². The van der Waals surface area contributed by atoms with Crippen molar-refractivity contribution in [3.05, 3.63) is 0 Å². The SMILES string of the molecule is [O]C(=O)C1CCCN1. The van der Waals surface area contributed by atoms with E-state index in [-0.39, 0.29) is 6.04 Å². The first-order valence-corrected chi connectivity index (χ1v) is 2.75. The maximum absolute atomic E-state index is 10.0. The average Bonchev–Trinajstić information content (AvgIpc) is 2.12. The summed E-state index contributed by atoms with van der Waals surface area (Å²) < 4.78 is 0. The van der Waals surface area contributed by atoms with Gasteiger partial charge in [0.2, 0.25) is 0 Å². The van der Waals surface area contributed by atoms with Crippen LogP contribution >= 0.6 is 0 Å². The molecular formula is C5H8NO2. The Bertz CT molecular complexity index is 96.6. The number of carbonyl (C=O) groups excluding carboxylic acids is 1. The van der Waals surface area contributed by atoms with Crippen molar-refractivity contribution in [2.45, 2.75) is 18.9 Å². The molecule has 1 aliphatic rings. The maximum atomic E-state index is 10.0. The second kappa shape index (κ2) is 2.13. The van der Waals surface area contributed by atoms with E-state index in [2.05, 4.69) is 5.32 Å². The van der Waals surface area contributed by atoms with Crippen molar-refractivity contribution in [2.75, 3.05) is 6.54 Å². The second-order valence-electron chi connectivity index (χ2n) is 1.97. The van der Waals surface area contributed by atoms with E-state index in [0.29, 0.717) is 0 Å². The largest absolute Gasteiger partial charge is 0.372 e. The van der Waals surface area contributed by atoms with Gasteiger partial charge in [-0.15, -0.1) is 0 Å². The minimum Gasteiger partial charge on any atom is -0.304 e. The summed E-state index contributed by atoms with van der Waals surface area (Å²) in [6.07, 6.45) is 1.68. The molecule has 0 aromatic carbocycles. The lowest BCUT2D eigenvalue weighted by Crippen LogP contribution is -2.29. The minimum atomic E-state index is -0.970. The van der Waals surface area contributed by atoms with E-state index in [1.807, 2.05) is 0 Å². The van der Waals surface area contributed by atoms with E-state index in [0.717, 1.165) is 19.4 Å². The predicted molar refractivity (Wildman–Crippen MR) is 26.7 cm³/mol. The van der Waals surface area contributed by atoms with Crippen molar-refractivity contribution in [1.82, 2.24) is 5.32 Å². The Kier molecular flexibility index (Phi) is 1.48. The van der Waals surface area contributed by atoms with Gasteiger partial charge in [-0.1, -0.05) is 0 Å². The summed E-state index contributed by atoms with van der Waals surface area (Å²) in [5, 5.41) is 12.8. The maximum Gasteiger partial charge on any atom is 0.372 e. The Balaban J connectivity index is 2.35. The van der Waals surface area contributed by atoms with E-state index in [1.165, 1.54) is 0 Å². The van der Waals surface area contributed by atoms with Crippen molar-refractivity contribution in [2.24, 2.45) is 0 Å². The van der Waals surface area contributed by atoms with Gasteiger partial charge in [0.15, 0.2) is 0 Å². The predicted octanol–water partition coefficient (Wildman–Crippen LogP) is -0.305. The Morgan fingerprint density at radius 3 is 2.62 bits per heavy atom. The number of hydrogen-bond donors (Lipinski definition) is 1. The first kappa shape index (κ1) is 5.56. The Morgan fingerprint density at radius 2 is 2.38 bits per heavy atom. The van der Waals surface area contributed by atoms with Gasteiger partial charge in [-0.05, 0) is 19.4 Å². The third-order valence-electron chi connectivity index (χ3n) is 1.34. The fraction of sp³-hybridized carbons (Fsp3) is 0.800. The van der Waals surface area contributed by atoms with E-state index in [4.69, 9.17) is 0 Å². The third kappa shape index (κ3) is 0.980. The van der Waals surface area contributed by atoms with Crippen LogP contribution in [0, 0.1) is 0 Å². The molecule has 0 aliphatic carbocycles. The van der Waals surface area contributed by atoms with Gasteiger partial charge >= 0.3 is 5.97 Å². The van der Waals surface area contributed by atoms with Gasteiger partial charge in [-0.2, -0.15) is 0 Å². The highest BCUT2D eigenvalue weighted by Crippen LogP contribution is 2.03. The zero-order valence-corrected chi connectivity index (χ0v) is 4.52. The number of nitrogens with one attached hydrogen (secondary N) is 1.